The topological polar surface area (TPSA) is 66.6 Å². The lowest BCUT2D eigenvalue weighted by atomic mass is 10.1. The zero-order chi connectivity index (χ0) is 16.4. The van der Waals surface area contributed by atoms with Crippen LogP contribution in [0.5, 0.6) is 0 Å². The van der Waals surface area contributed by atoms with Crippen molar-refractivity contribution in [3.63, 3.8) is 0 Å². The van der Waals surface area contributed by atoms with Gasteiger partial charge in [0.15, 0.2) is 5.76 Å². The van der Waals surface area contributed by atoms with Gasteiger partial charge in [-0.25, -0.2) is 9.78 Å². The second-order valence-corrected chi connectivity index (χ2v) is 5.35. The van der Waals surface area contributed by atoms with Gasteiger partial charge in [-0.1, -0.05) is 0 Å². The van der Waals surface area contributed by atoms with Gasteiger partial charge in [0.25, 0.3) is 0 Å². The maximum Gasteiger partial charge on any atom is 0.335 e. The van der Waals surface area contributed by atoms with Crippen LogP contribution in [0, 0.1) is 0 Å². The van der Waals surface area contributed by atoms with Gasteiger partial charge in [0, 0.05) is 30.9 Å². The second kappa shape index (κ2) is 5.96. The minimum absolute atomic E-state index is 0.236. The van der Waals surface area contributed by atoms with E-state index in [1.54, 1.807) is 18.3 Å². The van der Waals surface area contributed by atoms with E-state index in [0.29, 0.717) is 11.7 Å². The number of carboxylic acid groups (broad SMARTS) is 1. The first-order chi connectivity index (χ1) is 11.0. The molecule has 3 rings (SSSR count). The molecule has 0 bridgehead atoms. The lowest BCUT2D eigenvalue weighted by molar-refractivity contribution is 0.0697. The smallest absolute Gasteiger partial charge is 0.335 e. The number of nitrogens with zero attached hydrogens (tertiary/aromatic N) is 2. The Hall–Kier alpha value is -3.08. The predicted octanol–water partition coefficient (Wildman–Crippen LogP) is 3.77. The Bertz CT molecular complexity index is 818. The van der Waals surface area contributed by atoms with Crippen LogP contribution in [-0.2, 0) is 0 Å². The summed E-state index contributed by atoms with van der Waals surface area (Å²) in [6.07, 6.45) is 1.67. The van der Waals surface area contributed by atoms with Crippen LogP contribution in [0.15, 0.2) is 59.1 Å². The van der Waals surface area contributed by atoms with Gasteiger partial charge in [-0.2, -0.15) is 0 Å². The van der Waals surface area contributed by atoms with Gasteiger partial charge in [0.2, 0.25) is 5.89 Å². The van der Waals surface area contributed by atoms with Gasteiger partial charge in [-0.15, -0.1) is 0 Å². The van der Waals surface area contributed by atoms with Gasteiger partial charge < -0.3 is 14.4 Å². The number of aromatic carboxylic acids is 1. The molecule has 0 radical (unpaired) electrons. The fourth-order valence-corrected chi connectivity index (χ4v) is 2.22. The van der Waals surface area contributed by atoms with Crippen LogP contribution in [0.25, 0.3) is 22.8 Å². The largest absolute Gasteiger partial charge is 0.478 e. The van der Waals surface area contributed by atoms with Gasteiger partial charge in [0.05, 0.1) is 11.8 Å². The van der Waals surface area contributed by atoms with Crippen LogP contribution in [0.1, 0.15) is 10.4 Å². The van der Waals surface area contributed by atoms with Crippen molar-refractivity contribution in [2.75, 3.05) is 19.0 Å². The molecule has 3 aromatic rings. The number of carboxylic acids is 1. The predicted molar refractivity (Wildman–Crippen MR) is 88.7 cm³/mol. The highest BCUT2D eigenvalue weighted by Gasteiger charge is 2.10. The van der Waals surface area contributed by atoms with Gasteiger partial charge in [0.1, 0.15) is 0 Å². The SMILES string of the molecule is CN(C)c1ccc(-c2cnc(-c3ccc(C(=O)O)cc3)o2)cc1. The third-order valence-corrected chi connectivity index (χ3v) is 3.55. The number of aromatic nitrogens is 1. The monoisotopic (exact) mass is 308 g/mol. The van der Waals surface area contributed by atoms with E-state index >= 15 is 0 Å². The van der Waals surface area contributed by atoms with Gasteiger partial charge in [-0.3, -0.25) is 0 Å². The molecule has 116 valence electrons. The first-order valence-electron chi connectivity index (χ1n) is 7.12. The molecule has 0 aliphatic heterocycles. The lowest BCUT2D eigenvalue weighted by Crippen LogP contribution is -2.07. The van der Waals surface area contributed by atoms with Crippen molar-refractivity contribution in [1.82, 2.24) is 4.98 Å². The van der Waals surface area contributed by atoms with Crippen LogP contribution < -0.4 is 4.90 Å². The molecule has 1 heterocycles. The van der Waals surface area contributed by atoms with Crippen molar-refractivity contribution in [2.24, 2.45) is 0 Å². The van der Waals surface area contributed by atoms with Gasteiger partial charge in [-0.05, 0) is 48.5 Å². The Labute approximate surface area is 133 Å². The Morgan fingerprint density at radius 2 is 1.61 bits per heavy atom. The highest BCUT2D eigenvalue weighted by Crippen LogP contribution is 2.27. The average Bonchev–Trinajstić information content (AvgIpc) is 3.05. The fourth-order valence-electron chi connectivity index (χ4n) is 2.22. The van der Waals surface area contributed by atoms with Crippen molar-refractivity contribution in [1.29, 1.82) is 0 Å². The molecule has 5 nitrogen and oxygen atoms in total. The molecular weight excluding hydrogens is 292 g/mol. The van der Waals surface area contributed by atoms with E-state index in [1.165, 1.54) is 12.1 Å². The van der Waals surface area contributed by atoms with E-state index in [-0.39, 0.29) is 5.56 Å². The third-order valence-electron chi connectivity index (χ3n) is 3.55. The van der Waals surface area contributed by atoms with Crippen molar-refractivity contribution in [2.45, 2.75) is 0 Å². The molecule has 0 spiro atoms. The van der Waals surface area contributed by atoms with Crippen molar-refractivity contribution < 1.29 is 14.3 Å². The number of rotatable bonds is 4. The molecule has 0 aliphatic carbocycles. The maximum atomic E-state index is 10.9. The molecular formula is C18H16N2O3. The summed E-state index contributed by atoms with van der Waals surface area (Å²) in [5.74, 6) is 0.187. The van der Waals surface area contributed by atoms with Crippen molar-refractivity contribution >= 4 is 11.7 Å². The molecule has 23 heavy (non-hydrogen) atoms. The average molecular weight is 308 g/mol. The molecule has 0 unspecified atom stereocenters. The number of carbonyl (C=O) groups is 1. The van der Waals surface area contributed by atoms with Crippen LogP contribution in [0.4, 0.5) is 5.69 Å². The molecule has 1 N–H and O–H groups in total. The Morgan fingerprint density at radius 3 is 2.17 bits per heavy atom. The van der Waals surface area contributed by atoms with Crippen molar-refractivity contribution in [3.8, 4) is 22.8 Å². The van der Waals surface area contributed by atoms with E-state index < -0.39 is 5.97 Å². The number of hydrogen-bond acceptors (Lipinski definition) is 4. The first kappa shape index (κ1) is 14.8. The zero-order valence-electron chi connectivity index (χ0n) is 12.9. The Balaban J connectivity index is 1.86. The molecule has 0 fully saturated rings. The summed E-state index contributed by atoms with van der Waals surface area (Å²) in [5, 5.41) is 8.92. The van der Waals surface area contributed by atoms with Crippen molar-refractivity contribution in [3.05, 3.63) is 60.3 Å². The summed E-state index contributed by atoms with van der Waals surface area (Å²) in [6, 6.07) is 14.4. The lowest BCUT2D eigenvalue weighted by Gasteiger charge is -2.11. The van der Waals surface area contributed by atoms with E-state index in [1.807, 2.05) is 43.3 Å². The standard InChI is InChI=1S/C18H16N2O3/c1-20(2)15-9-7-12(8-10-15)16-11-19-17(23-16)13-3-5-14(6-4-13)18(21)22/h3-11H,1-2H3,(H,21,22). The summed E-state index contributed by atoms with van der Waals surface area (Å²) in [5.41, 5.74) is 3.03. The Kier molecular flexibility index (Phi) is 3.85. The quantitative estimate of drug-likeness (QED) is 0.794. The molecule has 5 heteroatoms. The second-order valence-electron chi connectivity index (χ2n) is 5.35. The number of benzene rings is 2. The van der Waals surface area contributed by atoms with Crippen LogP contribution in [-0.4, -0.2) is 30.2 Å². The summed E-state index contributed by atoms with van der Waals surface area (Å²) in [4.78, 5) is 17.2. The van der Waals surface area contributed by atoms with E-state index in [0.717, 1.165) is 16.8 Å². The summed E-state index contributed by atoms with van der Waals surface area (Å²) < 4.78 is 5.78. The summed E-state index contributed by atoms with van der Waals surface area (Å²) >= 11 is 0. The molecule has 0 saturated carbocycles. The van der Waals surface area contributed by atoms with Crippen LogP contribution in [0.3, 0.4) is 0 Å². The normalized spacial score (nSPS) is 10.5. The molecule has 1 aromatic heterocycles. The minimum atomic E-state index is -0.953. The van der Waals surface area contributed by atoms with E-state index in [2.05, 4.69) is 4.98 Å². The molecule has 2 aromatic carbocycles. The van der Waals surface area contributed by atoms with Crippen LogP contribution in [0.2, 0.25) is 0 Å². The molecule has 0 amide bonds. The maximum absolute atomic E-state index is 10.9. The highest BCUT2D eigenvalue weighted by atomic mass is 16.4. The molecule has 0 atom stereocenters. The number of hydrogen-bond donors (Lipinski definition) is 1. The summed E-state index contributed by atoms with van der Waals surface area (Å²) in [7, 11) is 3.98. The van der Waals surface area contributed by atoms with E-state index in [4.69, 9.17) is 9.52 Å². The zero-order valence-corrected chi connectivity index (χ0v) is 12.9. The number of anilines is 1. The van der Waals surface area contributed by atoms with Crippen LogP contribution >= 0.6 is 0 Å². The third kappa shape index (κ3) is 3.08. The fraction of sp³-hybridized carbons (Fsp3) is 0.111. The highest BCUT2D eigenvalue weighted by molar-refractivity contribution is 5.88. The summed E-state index contributed by atoms with van der Waals surface area (Å²) in [6.45, 7) is 0. The Morgan fingerprint density at radius 1 is 1.00 bits per heavy atom. The first-order valence-corrected chi connectivity index (χ1v) is 7.12. The molecule has 0 aliphatic rings. The minimum Gasteiger partial charge on any atom is -0.478 e. The number of oxazole rings is 1. The van der Waals surface area contributed by atoms with E-state index in [9.17, 15) is 4.79 Å². The molecule has 0 saturated heterocycles. The van der Waals surface area contributed by atoms with Gasteiger partial charge >= 0.3 is 5.97 Å².